The van der Waals surface area contributed by atoms with E-state index in [1.807, 2.05) is 6.92 Å². The Balaban J connectivity index is 1.77. The molecule has 9 unspecified atom stereocenters. The fraction of sp³-hybridized carbons (Fsp3) is 0.812. The largest absolute Gasteiger partial charge is 0.478 e. The molecule has 0 amide bonds. The molecule has 2 heterocycles. The molecule has 2 aliphatic heterocycles. The summed E-state index contributed by atoms with van der Waals surface area (Å²) >= 11 is 0. The Morgan fingerprint density at radius 3 is 2.56 bits per heavy atom. The number of aliphatic hydroxyl groups excluding tert-OH is 4. The van der Waals surface area contributed by atoms with Crippen LogP contribution in [0.5, 0.6) is 0 Å². The fourth-order valence-electron chi connectivity index (χ4n) is 4.01. The van der Waals surface area contributed by atoms with Gasteiger partial charge in [0.25, 0.3) is 0 Å². The highest BCUT2D eigenvalue weighted by Gasteiger charge is 2.50. The number of hydrogen-bond donors (Lipinski definition) is 5. The molecule has 1 aliphatic carbocycles. The SMILES string of the molecule is CC1CCC2C(C(=O)O)=COC(OC3OC(CO)C(O)C(O)C3O)C12. The second-order valence-electron chi connectivity index (χ2n) is 6.95. The van der Waals surface area contributed by atoms with E-state index in [9.17, 15) is 30.3 Å². The average Bonchev–Trinajstić information content (AvgIpc) is 2.97. The molecule has 142 valence electrons. The third kappa shape index (κ3) is 3.27. The number of carbonyl (C=O) groups is 1. The van der Waals surface area contributed by atoms with Gasteiger partial charge >= 0.3 is 5.97 Å². The monoisotopic (exact) mass is 360 g/mol. The van der Waals surface area contributed by atoms with E-state index in [0.717, 1.165) is 12.7 Å². The molecule has 5 N–H and O–H groups in total. The highest BCUT2D eigenvalue weighted by Crippen LogP contribution is 2.47. The van der Waals surface area contributed by atoms with Gasteiger partial charge < -0.3 is 39.7 Å². The van der Waals surface area contributed by atoms with E-state index in [1.165, 1.54) is 0 Å². The third-order valence-electron chi connectivity index (χ3n) is 5.46. The Kier molecular flexibility index (Phi) is 5.33. The Hall–Kier alpha value is -1.23. The first-order valence-corrected chi connectivity index (χ1v) is 8.40. The number of aliphatic carboxylic acids is 1. The van der Waals surface area contributed by atoms with Crippen molar-refractivity contribution in [2.75, 3.05) is 6.61 Å². The Morgan fingerprint density at radius 2 is 1.92 bits per heavy atom. The number of ether oxygens (including phenoxy) is 3. The van der Waals surface area contributed by atoms with Gasteiger partial charge in [0.15, 0.2) is 6.29 Å². The maximum Gasteiger partial charge on any atom is 0.334 e. The van der Waals surface area contributed by atoms with Crippen molar-refractivity contribution in [3.8, 4) is 0 Å². The summed E-state index contributed by atoms with van der Waals surface area (Å²) in [6.07, 6.45) is -5.10. The molecule has 9 atom stereocenters. The lowest BCUT2D eigenvalue weighted by Crippen LogP contribution is -2.60. The lowest BCUT2D eigenvalue weighted by Gasteiger charge is -2.43. The molecule has 0 aromatic rings. The predicted molar refractivity (Wildman–Crippen MR) is 80.8 cm³/mol. The number of carboxylic acids is 1. The normalized spacial score (nSPS) is 46.9. The summed E-state index contributed by atoms with van der Waals surface area (Å²) < 4.78 is 16.5. The zero-order chi connectivity index (χ0) is 18.3. The van der Waals surface area contributed by atoms with Gasteiger partial charge in [0.1, 0.15) is 24.4 Å². The van der Waals surface area contributed by atoms with Crippen molar-refractivity contribution in [1.29, 1.82) is 0 Å². The van der Waals surface area contributed by atoms with Crippen LogP contribution >= 0.6 is 0 Å². The van der Waals surface area contributed by atoms with Gasteiger partial charge in [-0.15, -0.1) is 0 Å². The predicted octanol–water partition coefficient (Wildman–Crippen LogP) is -1.21. The lowest BCUT2D eigenvalue weighted by atomic mass is 9.83. The van der Waals surface area contributed by atoms with Gasteiger partial charge in [0.05, 0.1) is 18.4 Å². The van der Waals surface area contributed by atoms with Crippen LogP contribution < -0.4 is 0 Å². The van der Waals surface area contributed by atoms with Crippen LogP contribution in [-0.2, 0) is 19.0 Å². The number of aliphatic hydroxyl groups is 4. The van der Waals surface area contributed by atoms with Crippen LogP contribution in [0.1, 0.15) is 19.8 Å². The molecule has 3 aliphatic rings. The zero-order valence-corrected chi connectivity index (χ0v) is 13.8. The van der Waals surface area contributed by atoms with Crippen molar-refractivity contribution in [3.05, 3.63) is 11.8 Å². The first-order valence-electron chi connectivity index (χ1n) is 8.40. The van der Waals surface area contributed by atoms with Gasteiger partial charge in [0, 0.05) is 11.8 Å². The van der Waals surface area contributed by atoms with E-state index in [4.69, 9.17) is 14.2 Å². The molecule has 1 saturated heterocycles. The van der Waals surface area contributed by atoms with Crippen molar-refractivity contribution < 1.29 is 44.5 Å². The fourth-order valence-corrected chi connectivity index (χ4v) is 4.01. The second-order valence-corrected chi connectivity index (χ2v) is 6.95. The highest BCUT2D eigenvalue weighted by atomic mass is 16.8. The van der Waals surface area contributed by atoms with Crippen molar-refractivity contribution in [2.24, 2.45) is 17.8 Å². The number of carboxylic acid groups (broad SMARTS) is 1. The Labute approximate surface area is 144 Å². The van der Waals surface area contributed by atoms with Gasteiger partial charge in [-0.05, 0) is 18.8 Å². The number of rotatable bonds is 4. The van der Waals surface area contributed by atoms with Crippen molar-refractivity contribution in [3.63, 3.8) is 0 Å². The molecule has 2 fully saturated rings. The highest BCUT2D eigenvalue weighted by molar-refractivity contribution is 5.87. The van der Waals surface area contributed by atoms with Crippen molar-refractivity contribution >= 4 is 5.97 Å². The van der Waals surface area contributed by atoms with Crippen molar-refractivity contribution in [2.45, 2.75) is 56.8 Å². The van der Waals surface area contributed by atoms with Crippen molar-refractivity contribution in [1.82, 2.24) is 0 Å². The van der Waals surface area contributed by atoms with E-state index in [1.54, 1.807) is 0 Å². The van der Waals surface area contributed by atoms with Crippen LogP contribution in [0.3, 0.4) is 0 Å². The van der Waals surface area contributed by atoms with Crippen LogP contribution in [-0.4, -0.2) is 75.1 Å². The third-order valence-corrected chi connectivity index (χ3v) is 5.46. The Morgan fingerprint density at radius 1 is 1.20 bits per heavy atom. The summed E-state index contributed by atoms with van der Waals surface area (Å²) in [4.78, 5) is 11.4. The van der Waals surface area contributed by atoms with E-state index >= 15 is 0 Å². The first-order chi connectivity index (χ1) is 11.8. The smallest absolute Gasteiger partial charge is 0.334 e. The molecular formula is C16H24O9. The zero-order valence-electron chi connectivity index (χ0n) is 13.8. The maximum atomic E-state index is 11.4. The molecule has 0 spiro atoms. The number of fused-ring (bicyclic) bond motifs is 1. The van der Waals surface area contributed by atoms with Crippen LogP contribution in [0.25, 0.3) is 0 Å². The topological polar surface area (TPSA) is 146 Å². The summed E-state index contributed by atoms with van der Waals surface area (Å²) in [5.74, 6) is -1.35. The summed E-state index contributed by atoms with van der Waals surface area (Å²) in [5.41, 5.74) is 0.197. The minimum atomic E-state index is -1.54. The second kappa shape index (κ2) is 7.18. The molecule has 9 heteroatoms. The molecule has 1 saturated carbocycles. The maximum absolute atomic E-state index is 11.4. The molecule has 0 bridgehead atoms. The molecule has 9 nitrogen and oxygen atoms in total. The van der Waals surface area contributed by atoms with Gasteiger partial charge in [-0.1, -0.05) is 6.92 Å². The van der Waals surface area contributed by atoms with Crippen LogP contribution in [0, 0.1) is 17.8 Å². The quantitative estimate of drug-likeness (QED) is 0.417. The van der Waals surface area contributed by atoms with Gasteiger partial charge in [-0.25, -0.2) is 4.79 Å². The van der Waals surface area contributed by atoms with Gasteiger partial charge in [-0.3, -0.25) is 0 Å². The van der Waals surface area contributed by atoms with E-state index in [2.05, 4.69) is 0 Å². The van der Waals surface area contributed by atoms with E-state index < -0.39 is 49.6 Å². The minimum absolute atomic E-state index is 0.142. The van der Waals surface area contributed by atoms with Gasteiger partial charge in [-0.2, -0.15) is 0 Å². The molecular weight excluding hydrogens is 336 g/mol. The summed E-state index contributed by atoms with van der Waals surface area (Å²) in [7, 11) is 0. The van der Waals surface area contributed by atoms with Crippen LogP contribution in [0.4, 0.5) is 0 Å². The van der Waals surface area contributed by atoms with Crippen LogP contribution in [0.15, 0.2) is 11.8 Å². The summed E-state index contributed by atoms with van der Waals surface area (Å²) in [5, 5.41) is 48.3. The molecule has 0 radical (unpaired) electrons. The molecule has 3 rings (SSSR count). The Bertz CT molecular complexity index is 534. The number of hydrogen-bond acceptors (Lipinski definition) is 8. The average molecular weight is 360 g/mol. The lowest BCUT2D eigenvalue weighted by molar-refractivity contribution is -0.342. The van der Waals surface area contributed by atoms with E-state index in [-0.39, 0.29) is 23.3 Å². The first kappa shape index (κ1) is 18.6. The van der Waals surface area contributed by atoms with Crippen LogP contribution in [0.2, 0.25) is 0 Å². The van der Waals surface area contributed by atoms with E-state index in [0.29, 0.717) is 6.42 Å². The summed E-state index contributed by atoms with van der Waals surface area (Å²) in [6, 6.07) is 0. The molecule has 0 aromatic carbocycles. The minimum Gasteiger partial charge on any atom is -0.478 e. The molecule has 0 aromatic heterocycles. The standard InChI is InChI=1S/C16H24O9/c1-6-2-3-7-8(14(21)22)5-23-15(10(6)7)25-16-13(20)12(19)11(18)9(4-17)24-16/h5-7,9-13,15-20H,2-4H2,1H3,(H,21,22). The summed E-state index contributed by atoms with van der Waals surface area (Å²) in [6.45, 7) is 1.42. The van der Waals surface area contributed by atoms with Gasteiger partial charge in [0.2, 0.25) is 6.29 Å². The molecule has 25 heavy (non-hydrogen) atoms.